The van der Waals surface area contributed by atoms with Crippen LogP contribution in [-0.2, 0) is 13.2 Å². The normalized spacial score (nSPS) is 14.2. The second kappa shape index (κ2) is 11.3. The molecule has 1 aliphatic heterocycles. The highest BCUT2D eigenvalue weighted by atomic mass is 79.9. The molecule has 172 valence electrons. The number of hydrogen-bond acceptors (Lipinski definition) is 4. The SMILES string of the molecule is COc1cc(C(=S)N2CCN(Cc3ccccc3)CC2)cc(Br)c1OCc1cccc(Cl)c1. The van der Waals surface area contributed by atoms with E-state index in [1.165, 1.54) is 5.56 Å². The molecule has 1 heterocycles. The molecule has 1 fully saturated rings. The van der Waals surface area contributed by atoms with Gasteiger partial charge in [-0.15, -0.1) is 0 Å². The Balaban J connectivity index is 1.40. The Morgan fingerprint density at radius 2 is 1.70 bits per heavy atom. The van der Waals surface area contributed by atoms with Crippen LogP contribution in [0.3, 0.4) is 0 Å². The maximum Gasteiger partial charge on any atom is 0.175 e. The molecule has 33 heavy (non-hydrogen) atoms. The van der Waals surface area contributed by atoms with Crippen molar-refractivity contribution in [2.75, 3.05) is 33.3 Å². The summed E-state index contributed by atoms with van der Waals surface area (Å²) >= 11 is 15.6. The Morgan fingerprint density at radius 1 is 0.970 bits per heavy atom. The predicted octanol–water partition coefficient (Wildman–Crippen LogP) is 6.18. The first-order chi connectivity index (χ1) is 16.0. The molecule has 0 unspecified atom stereocenters. The zero-order chi connectivity index (χ0) is 23.2. The number of benzene rings is 3. The molecule has 4 nitrogen and oxygen atoms in total. The van der Waals surface area contributed by atoms with Crippen molar-refractivity contribution in [1.82, 2.24) is 9.80 Å². The van der Waals surface area contributed by atoms with Gasteiger partial charge in [-0.05, 0) is 51.3 Å². The van der Waals surface area contributed by atoms with Gasteiger partial charge in [0, 0.05) is 43.3 Å². The molecule has 3 aromatic rings. The predicted molar refractivity (Wildman–Crippen MR) is 141 cm³/mol. The number of rotatable bonds is 7. The highest BCUT2D eigenvalue weighted by Crippen LogP contribution is 2.38. The molecule has 0 aromatic heterocycles. The molecule has 1 aliphatic rings. The third kappa shape index (κ3) is 6.27. The fraction of sp³-hybridized carbons (Fsp3) is 0.269. The van der Waals surface area contributed by atoms with Gasteiger partial charge in [0.05, 0.1) is 11.6 Å². The molecule has 7 heteroatoms. The van der Waals surface area contributed by atoms with E-state index in [9.17, 15) is 0 Å². The lowest BCUT2D eigenvalue weighted by molar-refractivity contribution is 0.177. The van der Waals surface area contributed by atoms with Crippen molar-refractivity contribution in [3.63, 3.8) is 0 Å². The minimum absolute atomic E-state index is 0.392. The average molecular weight is 546 g/mol. The van der Waals surface area contributed by atoms with Crippen LogP contribution < -0.4 is 9.47 Å². The van der Waals surface area contributed by atoms with Gasteiger partial charge in [-0.2, -0.15) is 0 Å². The number of hydrogen-bond donors (Lipinski definition) is 0. The topological polar surface area (TPSA) is 24.9 Å². The molecule has 0 saturated carbocycles. The summed E-state index contributed by atoms with van der Waals surface area (Å²) in [4.78, 5) is 5.57. The van der Waals surface area contributed by atoms with Gasteiger partial charge in [-0.25, -0.2) is 0 Å². The standard InChI is InChI=1S/C26H26BrClN2O2S/c1-31-24-16-21(15-23(27)25(24)32-18-20-8-5-9-22(28)14-20)26(33)30-12-10-29(11-13-30)17-19-6-3-2-4-7-19/h2-9,14-16H,10-13,17-18H2,1H3. The van der Waals surface area contributed by atoms with Gasteiger partial charge in [0.25, 0.3) is 0 Å². The third-order valence-corrected chi connectivity index (χ3v) is 6.98. The van der Waals surface area contributed by atoms with Crippen molar-refractivity contribution >= 4 is 44.7 Å². The molecular weight excluding hydrogens is 520 g/mol. The van der Waals surface area contributed by atoms with Gasteiger partial charge in [0.15, 0.2) is 11.5 Å². The van der Waals surface area contributed by atoms with Crippen LogP contribution in [0.25, 0.3) is 0 Å². The summed E-state index contributed by atoms with van der Waals surface area (Å²) in [6, 6.07) is 22.2. The summed E-state index contributed by atoms with van der Waals surface area (Å²) in [7, 11) is 1.64. The number of piperazine rings is 1. The molecule has 0 N–H and O–H groups in total. The molecule has 0 spiro atoms. The Bertz CT molecular complexity index is 1100. The number of ether oxygens (including phenoxy) is 2. The van der Waals surface area contributed by atoms with Gasteiger partial charge in [0.1, 0.15) is 11.6 Å². The second-order valence-electron chi connectivity index (χ2n) is 7.96. The third-order valence-electron chi connectivity index (χ3n) is 5.66. The Morgan fingerprint density at radius 3 is 2.39 bits per heavy atom. The Kier molecular flexibility index (Phi) is 8.25. The van der Waals surface area contributed by atoms with E-state index in [4.69, 9.17) is 33.3 Å². The largest absolute Gasteiger partial charge is 0.493 e. The van der Waals surface area contributed by atoms with E-state index in [-0.39, 0.29) is 0 Å². The summed E-state index contributed by atoms with van der Waals surface area (Å²) in [5.41, 5.74) is 3.28. The first kappa shape index (κ1) is 24.0. The number of halogens is 2. The fourth-order valence-corrected chi connectivity index (χ4v) is 4.97. The molecule has 4 rings (SSSR count). The zero-order valence-electron chi connectivity index (χ0n) is 18.5. The van der Waals surface area contributed by atoms with Crippen molar-refractivity contribution < 1.29 is 9.47 Å². The van der Waals surface area contributed by atoms with Gasteiger partial charge in [0.2, 0.25) is 0 Å². The van der Waals surface area contributed by atoms with Crippen LogP contribution >= 0.6 is 39.7 Å². The maximum atomic E-state index is 6.08. The minimum atomic E-state index is 0.392. The first-order valence-corrected chi connectivity index (χ1v) is 12.4. The smallest absolute Gasteiger partial charge is 0.175 e. The highest BCUT2D eigenvalue weighted by molar-refractivity contribution is 9.10. The lowest BCUT2D eigenvalue weighted by Crippen LogP contribution is -2.48. The van der Waals surface area contributed by atoms with Crippen molar-refractivity contribution in [3.05, 3.63) is 92.9 Å². The van der Waals surface area contributed by atoms with Crippen molar-refractivity contribution in [3.8, 4) is 11.5 Å². The molecule has 0 bridgehead atoms. The maximum absolute atomic E-state index is 6.08. The molecule has 0 amide bonds. The average Bonchev–Trinajstić information content (AvgIpc) is 2.83. The number of thiocarbonyl (C=S) groups is 1. The van der Waals surface area contributed by atoms with E-state index in [0.717, 1.165) is 53.3 Å². The summed E-state index contributed by atoms with van der Waals surface area (Å²) in [5, 5.41) is 0.687. The fourth-order valence-electron chi connectivity index (χ4n) is 3.90. The monoisotopic (exact) mass is 544 g/mol. The Hall–Kier alpha value is -2.12. The summed E-state index contributed by atoms with van der Waals surface area (Å²) in [6.45, 7) is 5.13. The van der Waals surface area contributed by atoms with E-state index < -0.39 is 0 Å². The first-order valence-electron chi connectivity index (χ1n) is 10.8. The summed E-state index contributed by atoms with van der Waals surface area (Å²) in [6.07, 6.45) is 0. The van der Waals surface area contributed by atoms with Crippen LogP contribution in [0.2, 0.25) is 5.02 Å². The minimum Gasteiger partial charge on any atom is -0.493 e. The molecule has 3 aromatic carbocycles. The van der Waals surface area contributed by atoms with Crippen LogP contribution in [-0.4, -0.2) is 48.1 Å². The van der Waals surface area contributed by atoms with Crippen LogP contribution in [0.4, 0.5) is 0 Å². The van der Waals surface area contributed by atoms with Crippen LogP contribution in [0.15, 0.2) is 71.2 Å². The lowest BCUT2D eigenvalue weighted by Gasteiger charge is -2.36. The van der Waals surface area contributed by atoms with E-state index in [1.807, 2.05) is 36.4 Å². The van der Waals surface area contributed by atoms with E-state index >= 15 is 0 Å². The van der Waals surface area contributed by atoms with E-state index in [1.54, 1.807) is 7.11 Å². The lowest BCUT2D eigenvalue weighted by atomic mass is 10.1. The van der Waals surface area contributed by atoms with E-state index in [2.05, 4.69) is 56.1 Å². The molecular formula is C26H26BrClN2O2S. The van der Waals surface area contributed by atoms with Gasteiger partial charge in [-0.3, -0.25) is 4.90 Å². The van der Waals surface area contributed by atoms with Crippen LogP contribution in [0, 0.1) is 0 Å². The number of methoxy groups -OCH3 is 1. The number of nitrogens with zero attached hydrogens (tertiary/aromatic N) is 2. The van der Waals surface area contributed by atoms with Crippen molar-refractivity contribution in [2.24, 2.45) is 0 Å². The zero-order valence-corrected chi connectivity index (χ0v) is 21.6. The molecule has 0 atom stereocenters. The molecule has 0 radical (unpaired) electrons. The Labute approximate surface area is 214 Å². The van der Waals surface area contributed by atoms with Gasteiger partial charge in [-0.1, -0.05) is 66.3 Å². The van der Waals surface area contributed by atoms with Crippen molar-refractivity contribution in [1.29, 1.82) is 0 Å². The second-order valence-corrected chi connectivity index (χ2v) is 9.64. The van der Waals surface area contributed by atoms with Crippen molar-refractivity contribution in [2.45, 2.75) is 13.2 Å². The summed E-state index contributed by atoms with van der Waals surface area (Å²) < 4.78 is 12.5. The van der Waals surface area contributed by atoms with E-state index in [0.29, 0.717) is 23.1 Å². The van der Waals surface area contributed by atoms with Crippen LogP contribution in [0.5, 0.6) is 11.5 Å². The summed E-state index contributed by atoms with van der Waals surface area (Å²) in [5.74, 6) is 1.29. The van der Waals surface area contributed by atoms with Crippen LogP contribution in [0.1, 0.15) is 16.7 Å². The van der Waals surface area contributed by atoms with Gasteiger partial charge >= 0.3 is 0 Å². The quantitative estimate of drug-likeness (QED) is 0.330. The molecule has 0 aliphatic carbocycles. The van der Waals surface area contributed by atoms with Gasteiger partial charge < -0.3 is 14.4 Å². The molecule has 1 saturated heterocycles. The highest BCUT2D eigenvalue weighted by Gasteiger charge is 2.22.